The number of carbonyl (C=O) groups is 1. The first kappa shape index (κ1) is 25.2. The largest absolute Gasteiger partial charge is 0.496 e. The van der Waals surface area contributed by atoms with Gasteiger partial charge in [-0.2, -0.15) is 0 Å². The summed E-state index contributed by atoms with van der Waals surface area (Å²) in [6.45, 7) is 9.92. The van der Waals surface area contributed by atoms with Crippen LogP contribution in [0.5, 0.6) is 5.75 Å². The molecule has 170 valence electrons. The number of aryl methyl sites for hydroxylation is 2. The molecule has 0 aliphatic carbocycles. The molecule has 1 aromatic carbocycles. The topological polar surface area (TPSA) is 68.2 Å². The summed E-state index contributed by atoms with van der Waals surface area (Å²) in [7, 11) is 5.06. The van der Waals surface area contributed by atoms with E-state index in [1.807, 2.05) is 32.9 Å². The molecule has 0 bridgehead atoms. The van der Waals surface area contributed by atoms with Crippen molar-refractivity contribution in [3.63, 3.8) is 0 Å². The summed E-state index contributed by atoms with van der Waals surface area (Å²) in [5.41, 5.74) is 2.62. The molecule has 30 heavy (non-hydrogen) atoms. The van der Waals surface area contributed by atoms with Crippen LogP contribution < -0.4 is 9.64 Å². The van der Waals surface area contributed by atoms with Crippen LogP contribution in [0.3, 0.4) is 0 Å². The zero-order valence-corrected chi connectivity index (χ0v) is 20.3. The molecule has 0 aromatic heterocycles. The second kappa shape index (κ2) is 12.7. The molecule has 2 unspecified atom stereocenters. The van der Waals surface area contributed by atoms with Gasteiger partial charge in [-0.3, -0.25) is 4.90 Å². The third-order valence-corrected chi connectivity index (χ3v) is 7.89. The summed E-state index contributed by atoms with van der Waals surface area (Å²) in [5, 5.41) is 11.6. The molecule has 1 amide bonds. The van der Waals surface area contributed by atoms with E-state index in [2.05, 4.69) is 6.92 Å². The summed E-state index contributed by atoms with van der Waals surface area (Å²) in [6, 6.07) is 3.84. The Morgan fingerprint density at radius 1 is 1.37 bits per heavy atom. The minimum Gasteiger partial charge on any atom is -0.496 e. The second-order valence-corrected chi connectivity index (χ2v) is 10.3. The molecule has 0 radical (unpaired) electrons. The highest BCUT2D eigenvalue weighted by Gasteiger charge is 2.31. The monoisotopic (exact) mass is 457 g/mol. The number of benzene rings is 1. The molecule has 0 spiro atoms. The maximum absolute atomic E-state index is 13.1. The number of anilines is 1. The van der Waals surface area contributed by atoms with Crippen molar-refractivity contribution in [2.75, 3.05) is 37.6 Å². The van der Waals surface area contributed by atoms with E-state index >= 15 is 0 Å². The van der Waals surface area contributed by atoms with Gasteiger partial charge in [0.05, 0.1) is 31.3 Å². The summed E-state index contributed by atoms with van der Waals surface area (Å²) in [5.74, 6) is 1.30. The van der Waals surface area contributed by atoms with Crippen molar-refractivity contribution < 1.29 is 24.1 Å². The van der Waals surface area contributed by atoms with Crippen molar-refractivity contribution >= 4 is 33.4 Å². The van der Waals surface area contributed by atoms with E-state index in [1.165, 1.54) is 4.90 Å². The number of hydrogen-bond donors (Lipinski definition) is 1. The van der Waals surface area contributed by atoms with E-state index in [9.17, 15) is 9.90 Å². The highest BCUT2D eigenvalue weighted by Crippen LogP contribution is 2.34. The fraction of sp³-hybridized carbons (Fsp3) is 0.682. The number of amides is 1. The molecule has 1 aromatic rings. The number of aliphatic hydroxyl groups is 1. The van der Waals surface area contributed by atoms with Gasteiger partial charge in [-0.05, 0) is 30.9 Å². The van der Waals surface area contributed by atoms with Gasteiger partial charge in [0.1, 0.15) is 18.6 Å². The zero-order chi connectivity index (χ0) is 22.1. The van der Waals surface area contributed by atoms with E-state index in [-0.39, 0.29) is 5.92 Å². The van der Waals surface area contributed by atoms with Crippen LogP contribution in [0, 0.1) is 12.8 Å². The van der Waals surface area contributed by atoms with Gasteiger partial charge < -0.3 is 19.3 Å². The van der Waals surface area contributed by atoms with Gasteiger partial charge in [-0.1, -0.05) is 54.8 Å². The predicted octanol–water partition coefficient (Wildman–Crippen LogP) is 5.04. The van der Waals surface area contributed by atoms with Crippen molar-refractivity contribution in [1.82, 2.24) is 0 Å². The Morgan fingerprint density at radius 2 is 2.10 bits per heavy atom. The highest BCUT2D eigenvalue weighted by molar-refractivity contribution is 8.77. The smallest absolute Gasteiger partial charge is 0.416 e. The fourth-order valence-corrected chi connectivity index (χ4v) is 5.47. The van der Waals surface area contributed by atoms with E-state index in [0.717, 1.165) is 43.6 Å². The van der Waals surface area contributed by atoms with Crippen LogP contribution in [-0.2, 0) is 15.9 Å². The van der Waals surface area contributed by atoms with Crippen molar-refractivity contribution in [3.8, 4) is 5.75 Å². The fourth-order valence-electron chi connectivity index (χ4n) is 3.32. The molecular formula is C22H35NO5S2. The van der Waals surface area contributed by atoms with Gasteiger partial charge >= 0.3 is 6.09 Å². The number of rotatable bonds is 12. The van der Waals surface area contributed by atoms with Crippen LogP contribution in [-0.4, -0.2) is 55.4 Å². The minimum atomic E-state index is -0.968. The average Bonchev–Trinajstić information content (AvgIpc) is 2.70. The van der Waals surface area contributed by atoms with Gasteiger partial charge in [0.2, 0.25) is 0 Å². The van der Waals surface area contributed by atoms with Gasteiger partial charge in [0, 0.05) is 17.7 Å². The minimum absolute atomic E-state index is 0.0805. The lowest BCUT2D eigenvalue weighted by Gasteiger charge is -2.33. The number of methoxy groups -OCH3 is 1. The Labute approximate surface area is 188 Å². The normalized spacial score (nSPS) is 15.9. The molecule has 1 fully saturated rings. The van der Waals surface area contributed by atoms with Crippen LogP contribution in [0.4, 0.5) is 10.5 Å². The average molecular weight is 458 g/mol. The summed E-state index contributed by atoms with van der Waals surface area (Å²) in [6.07, 6.45) is 0.977. The Bertz CT molecular complexity index is 684. The predicted molar refractivity (Wildman–Crippen MR) is 126 cm³/mol. The van der Waals surface area contributed by atoms with Crippen LogP contribution >= 0.6 is 21.6 Å². The molecule has 8 heteroatoms. The van der Waals surface area contributed by atoms with Crippen LogP contribution in [0.1, 0.15) is 44.7 Å². The summed E-state index contributed by atoms with van der Waals surface area (Å²) < 4.78 is 16.2. The molecule has 1 N–H and O–H groups in total. The third kappa shape index (κ3) is 6.70. The zero-order valence-electron chi connectivity index (χ0n) is 18.7. The number of nitrogens with zero attached hydrogens (tertiary/aromatic N) is 1. The van der Waals surface area contributed by atoms with Crippen LogP contribution in [0.15, 0.2) is 12.1 Å². The van der Waals surface area contributed by atoms with Crippen molar-refractivity contribution in [3.05, 3.63) is 23.3 Å². The van der Waals surface area contributed by atoms with Crippen molar-refractivity contribution in [1.29, 1.82) is 0 Å². The standard InChI is InChI=1S/C22H35NO5S2/c1-6-8-15(3)21(24)23(19-12-20(26-5)16(4)11-17(19)7-2)22(25)28-9-10-29-30-18-13-27-14-18/h11-12,15,18,21,24H,6-10,13-14H2,1-5H3. The lowest BCUT2D eigenvalue weighted by molar-refractivity contribution is 0.0461. The van der Waals surface area contributed by atoms with Gasteiger partial charge in [0.15, 0.2) is 0 Å². The number of ether oxygens (including phenoxy) is 3. The number of hydrogen-bond acceptors (Lipinski definition) is 7. The van der Waals surface area contributed by atoms with E-state index in [4.69, 9.17) is 14.2 Å². The van der Waals surface area contributed by atoms with E-state index in [0.29, 0.717) is 29.0 Å². The van der Waals surface area contributed by atoms with Crippen LogP contribution in [0.2, 0.25) is 0 Å². The number of carbonyl (C=O) groups excluding carboxylic acids is 1. The van der Waals surface area contributed by atoms with Crippen LogP contribution in [0.25, 0.3) is 0 Å². The van der Waals surface area contributed by atoms with Gasteiger partial charge in [0.25, 0.3) is 0 Å². The molecule has 1 aliphatic rings. The Morgan fingerprint density at radius 3 is 2.67 bits per heavy atom. The molecule has 2 atom stereocenters. The maximum atomic E-state index is 13.1. The molecule has 1 heterocycles. The lowest BCUT2D eigenvalue weighted by Crippen LogP contribution is -2.45. The Kier molecular flexibility index (Phi) is 10.6. The van der Waals surface area contributed by atoms with Crippen molar-refractivity contribution in [2.45, 2.75) is 58.4 Å². The molecule has 0 saturated carbocycles. The highest BCUT2D eigenvalue weighted by atomic mass is 33.1. The second-order valence-electron chi connectivity index (χ2n) is 7.55. The number of aliphatic hydroxyl groups excluding tert-OH is 1. The summed E-state index contributed by atoms with van der Waals surface area (Å²) in [4.78, 5) is 14.5. The first-order chi connectivity index (χ1) is 14.4. The summed E-state index contributed by atoms with van der Waals surface area (Å²) >= 11 is 0. The van der Waals surface area contributed by atoms with E-state index < -0.39 is 12.3 Å². The first-order valence-corrected chi connectivity index (χ1v) is 13.0. The lowest BCUT2D eigenvalue weighted by atomic mass is 10.0. The molecule has 6 nitrogen and oxygen atoms in total. The molecule has 1 saturated heterocycles. The van der Waals surface area contributed by atoms with Gasteiger partial charge in [-0.15, -0.1) is 0 Å². The molecule has 1 aliphatic heterocycles. The van der Waals surface area contributed by atoms with E-state index in [1.54, 1.807) is 28.7 Å². The maximum Gasteiger partial charge on any atom is 0.416 e. The Hall–Kier alpha value is -1.09. The first-order valence-electron chi connectivity index (χ1n) is 10.6. The van der Waals surface area contributed by atoms with Gasteiger partial charge in [-0.25, -0.2) is 4.79 Å². The quantitative estimate of drug-likeness (QED) is 0.268. The SMILES string of the molecule is CCCC(C)C(O)N(C(=O)OCCSSC1COC1)c1cc(OC)c(C)cc1CC. The molecular weight excluding hydrogens is 422 g/mol. The molecule has 2 rings (SSSR count). The van der Waals surface area contributed by atoms with Crippen molar-refractivity contribution in [2.24, 2.45) is 5.92 Å². The third-order valence-electron chi connectivity index (χ3n) is 5.15. The Balaban J connectivity index is 2.16.